The molecule has 1 amide bonds. The number of hydrazone groups is 1. The zero-order valence-electron chi connectivity index (χ0n) is 20.6. The second-order valence-electron chi connectivity index (χ2n) is 9.43. The van der Waals surface area contributed by atoms with Gasteiger partial charge in [0.15, 0.2) is 0 Å². The highest BCUT2D eigenvalue weighted by Crippen LogP contribution is 2.53. The van der Waals surface area contributed by atoms with Crippen LogP contribution < -0.4 is 10.1 Å². The molecule has 4 heterocycles. The lowest BCUT2D eigenvalue weighted by atomic mass is 9.96. The molecule has 198 valence electrons. The van der Waals surface area contributed by atoms with Gasteiger partial charge in [-0.15, -0.1) is 0 Å². The number of amides is 1. The summed E-state index contributed by atoms with van der Waals surface area (Å²) in [6, 6.07) is 25.3. The molecule has 3 aliphatic rings. The van der Waals surface area contributed by atoms with Crippen molar-refractivity contribution in [2.24, 2.45) is 5.10 Å². The minimum absolute atomic E-state index is 0.00360. The number of hydrogen-bond donors (Lipinski definition) is 1. The van der Waals surface area contributed by atoms with Crippen molar-refractivity contribution >= 4 is 50.4 Å². The summed E-state index contributed by atoms with van der Waals surface area (Å²) >= 11 is 4.61. The van der Waals surface area contributed by atoms with Gasteiger partial charge in [0.25, 0.3) is 10.9 Å². The number of nitro groups is 1. The van der Waals surface area contributed by atoms with Crippen LogP contribution in [0, 0.1) is 10.1 Å². The molecule has 1 aromatic heterocycles. The van der Waals surface area contributed by atoms with Crippen LogP contribution in [0.3, 0.4) is 0 Å². The molecule has 0 radical (unpaired) electrons. The van der Waals surface area contributed by atoms with Gasteiger partial charge in [0.1, 0.15) is 17.3 Å². The van der Waals surface area contributed by atoms with Crippen LogP contribution in [-0.4, -0.2) is 26.7 Å². The highest BCUT2D eigenvalue weighted by Gasteiger charge is 2.58. The van der Waals surface area contributed by atoms with Crippen molar-refractivity contribution in [1.82, 2.24) is 10.3 Å². The number of nitrogens with one attached hydrogen (secondary N) is 1. The molecule has 2 atom stereocenters. The lowest BCUT2D eigenvalue weighted by Gasteiger charge is -2.45. The predicted octanol–water partition coefficient (Wildman–Crippen LogP) is 7.31. The smallest absolute Gasteiger partial charge is 0.314 e. The maximum Gasteiger partial charge on any atom is 0.314 e. The number of hydrogen-bond acceptors (Lipinski definition) is 8. The Labute approximate surface area is 240 Å². The molecule has 1 fully saturated rings. The van der Waals surface area contributed by atoms with Crippen LogP contribution in [0.5, 0.6) is 5.75 Å². The number of nitrogens with zero attached hydrogens (tertiary/aromatic N) is 3. The third kappa shape index (κ3) is 4.09. The van der Waals surface area contributed by atoms with Crippen molar-refractivity contribution in [1.29, 1.82) is 0 Å². The molecular weight excluding hydrogens is 596 g/mol. The molecule has 1 spiro atoms. The summed E-state index contributed by atoms with van der Waals surface area (Å²) in [5.41, 5.74) is 3.57. The summed E-state index contributed by atoms with van der Waals surface area (Å²) in [5, 5.41) is 20.6. The first-order valence-corrected chi connectivity index (χ1v) is 14.0. The Balaban J connectivity index is 1.30. The lowest BCUT2D eigenvalue weighted by molar-refractivity contribution is -0.384. The molecule has 3 aliphatic heterocycles. The van der Waals surface area contributed by atoms with Crippen LogP contribution in [0.4, 0.5) is 10.5 Å². The zero-order valence-corrected chi connectivity index (χ0v) is 23.0. The topological polar surface area (TPSA) is 110 Å². The van der Waals surface area contributed by atoms with Gasteiger partial charge in [0.2, 0.25) is 0 Å². The normalized spacial score (nSPS) is 22.1. The van der Waals surface area contributed by atoms with E-state index in [1.54, 1.807) is 30.3 Å². The number of nitro benzene ring substituents is 1. The fourth-order valence-corrected chi connectivity index (χ4v) is 6.42. The Morgan fingerprint density at radius 2 is 1.88 bits per heavy atom. The Morgan fingerprint density at radius 3 is 2.65 bits per heavy atom. The van der Waals surface area contributed by atoms with Gasteiger partial charge < -0.3 is 9.15 Å². The highest BCUT2D eigenvalue weighted by atomic mass is 79.9. The van der Waals surface area contributed by atoms with E-state index in [4.69, 9.17) is 14.3 Å². The average Bonchev–Trinajstić information content (AvgIpc) is 3.69. The van der Waals surface area contributed by atoms with Gasteiger partial charge in [-0.05, 0) is 65.9 Å². The Kier molecular flexibility index (Phi) is 5.79. The molecule has 1 N–H and O–H groups in total. The predicted molar refractivity (Wildman–Crippen MR) is 155 cm³/mol. The first-order chi connectivity index (χ1) is 19.4. The van der Waals surface area contributed by atoms with E-state index in [1.807, 2.05) is 53.5 Å². The monoisotopic (exact) mass is 614 g/mol. The Bertz CT molecular complexity index is 1740. The summed E-state index contributed by atoms with van der Waals surface area (Å²) in [5.74, 6) is 0.347. The molecule has 3 aromatic carbocycles. The first kappa shape index (κ1) is 24.7. The second kappa shape index (κ2) is 9.39. The molecular formula is C29H19BrN4O5S. The molecule has 11 heteroatoms. The number of carbonyl (C=O) groups excluding carboxylic acids is 1. The number of carbonyl (C=O) groups is 1. The van der Waals surface area contributed by atoms with Crippen LogP contribution >= 0.6 is 27.7 Å². The average molecular weight is 615 g/mol. The lowest BCUT2D eigenvalue weighted by Crippen LogP contribution is -2.61. The number of furan rings is 1. The van der Waals surface area contributed by atoms with E-state index in [0.717, 1.165) is 33.1 Å². The fourth-order valence-electron chi connectivity index (χ4n) is 5.16. The highest BCUT2D eigenvalue weighted by molar-refractivity contribution is 9.10. The molecule has 9 nitrogen and oxygen atoms in total. The van der Waals surface area contributed by atoms with E-state index in [1.165, 1.54) is 12.1 Å². The summed E-state index contributed by atoms with van der Waals surface area (Å²) in [4.78, 5) is 24.0. The Hall–Kier alpha value is -4.35. The summed E-state index contributed by atoms with van der Waals surface area (Å²) in [6.07, 6.45) is 2.41. The van der Waals surface area contributed by atoms with Gasteiger partial charge in [-0.2, -0.15) is 5.10 Å². The number of benzene rings is 3. The zero-order chi connectivity index (χ0) is 27.4. The maximum atomic E-state index is 12.9. The largest absolute Gasteiger partial charge is 0.457 e. The third-order valence-electron chi connectivity index (χ3n) is 7.00. The molecule has 4 aromatic rings. The number of non-ortho nitro benzene ring substituents is 1. The van der Waals surface area contributed by atoms with Gasteiger partial charge >= 0.3 is 5.85 Å². The minimum Gasteiger partial charge on any atom is -0.457 e. The maximum absolute atomic E-state index is 12.9. The van der Waals surface area contributed by atoms with Crippen molar-refractivity contribution in [3.63, 3.8) is 0 Å². The third-order valence-corrected chi connectivity index (χ3v) is 8.39. The van der Waals surface area contributed by atoms with Crippen LogP contribution in [0.2, 0.25) is 0 Å². The molecule has 0 saturated carbocycles. The minimum atomic E-state index is -1.36. The van der Waals surface area contributed by atoms with Gasteiger partial charge in [-0.25, -0.2) is 5.01 Å². The molecule has 0 bridgehead atoms. The van der Waals surface area contributed by atoms with Gasteiger partial charge in [-0.3, -0.25) is 20.2 Å². The van der Waals surface area contributed by atoms with E-state index >= 15 is 0 Å². The molecule has 2 unspecified atom stereocenters. The standard InChI is InChI=1S/C29H19BrN4O5S/c30-19-8-12-26-22(14-19)24-16-23(17-4-2-1-3-5-17)32-33(24)29(39-26)27(40-28(35)31-29)15-21-11-13-25(38-21)18-6-9-20(10-7-18)34(36)37/h1-15,24H,16H2,(H,31,35)/b27-15-. The van der Waals surface area contributed by atoms with Crippen molar-refractivity contribution in [3.8, 4) is 17.1 Å². The van der Waals surface area contributed by atoms with Crippen LogP contribution in [-0.2, 0) is 0 Å². The van der Waals surface area contributed by atoms with Crippen LogP contribution in [0.25, 0.3) is 17.4 Å². The van der Waals surface area contributed by atoms with E-state index in [0.29, 0.717) is 34.2 Å². The van der Waals surface area contributed by atoms with Crippen molar-refractivity contribution in [2.75, 3.05) is 0 Å². The van der Waals surface area contributed by atoms with Crippen molar-refractivity contribution in [2.45, 2.75) is 18.3 Å². The van der Waals surface area contributed by atoms with Gasteiger partial charge in [-0.1, -0.05) is 46.3 Å². The van der Waals surface area contributed by atoms with Gasteiger partial charge in [0, 0.05) is 34.2 Å². The van der Waals surface area contributed by atoms with E-state index in [-0.39, 0.29) is 17.0 Å². The van der Waals surface area contributed by atoms with Gasteiger partial charge in [0.05, 0.1) is 21.6 Å². The molecule has 0 aliphatic carbocycles. The number of ether oxygens (including phenoxy) is 1. The van der Waals surface area contributed by atoms with Crippen molar-refractivity contribution < 1.29 is 18.9 Å². The van der Waals surface area contributed by atoms with E-state index in [2.05, 4.69) is 21.2 Å². The first-order valence-electron chi connectivity index (χ1n) is 12.4. The quantitative estimate of drug-likeness (QED) is 0.189. The summed E-state index contributed by atoms with van der Waals surface area (Å²) in [6.45, 7) is 0. The molecule has 40 heavy (non-hydrogen) atoms. The SMILES string of the molecule is O=C1NC2(Oc3ccc(Br)cc3C3CC(c4ccccc4)=NN32)/C(=C/c2ccc(-c3ccc([N+](=O)[O-])cc3)o2)S1. The Morgan fingerprint density at radius 1 is 1.07 bits per heavy atom. The number of halogens is 1. The van der Waals surface area contributed by atoms with Crippen LogP contribution in [0.1, 0.15) is 29.3 Å². The van der Waals surface area contributed by atoms with Crippen LogP contribution in [0.15, 0.2) is 104 Å². The van der Waals surface area contributed by atoms with E-state index < -0.39 is 10.8 Å². The summed E-state index contributed by atoms with van der Waals surface area (Å²) < 4.78 is 13.6. The van der Waals surface area contributed by atoms with Crippen molar-refractivity contribution in [3.05, 3.63) is 121 Å². The fraction of sp³-hybridized carbons (Fsp3) is 0.103. The summed E-state index contributed by atoms with van der Waals surface area (Å²) in [7, 11) is 0. The van der Waals surface area contributed by atoms with E-state index in [9.17, 15) is 14.9 Å². The second-order valence-corrected chi connectivity index (χ2v) is 11.4. The molecule has 1 saturated heterocycles. The number of fused-ring (bicyclic) bond motifs is 4. The number of thioether (sulfide) groups is 1. The molecule has 7 rings (SSSR count). The number of rotatable bonds is 4.